The van der Waals surface area contributed by atoms with Gasteiger partial charge < -0.3 is 9.84 Å². The van der Waals surface area contributed by atoms with Gasteiger partial charge in [0.25, 0.3) is 0 Å². The van der Waals surface area contributed by atoms with Gasteiger partial charge in [-0.3, -0.25) is 0 Å². The minimum atomic E-state index is 0.0256. The molecule has 3 heteroatoms. The van der Waals surface area contributed by atoms with Crippen LogP contribution in [0.5, 0.6) is 5.88 Å². The monoisotopic (exact) mass is 153 g/mol. The van der Waals surface area contributed by atoms with E-state index in [1.54, 1.807) is 13.3 Å². The van der Waals surface area contributed by atoms with E-state index < -0.39 is 0 Å². The van der Waals surface area contributed by atoms with E-state index in [0.717, 1.165) is 11.1 Å². The number of pyridine rings is 1. The molecule has 0 atom stereocenters. The summed E-state index contributed by atoms with van der Waals surface area (Å²) in [7, 11) is 1.58. The second-order valence-corrected chi connectivity index (χ2v) is 2.33. The Morgan fingerprint density at radius 2 is 2.36 bits per heavy atom. The number of ether oxygens (including phenoxy) is 1. The summed E-state index contributed by atoms with van der Waals surface area (Å²) in [4.78, 5) is 3.99. The molecule has 1 N–H and O–H groups in total. The fourth-order valence-electron chi connectivity index (χ4n) is 0.921. The molecule has 0 radical (unpaired) electrons. The summed E-state index contributed by atoms with van der Waals surface area (Å²) in [6.07, 6.45) is 1.60. The minimum Gasteiger partial charge on any atom is -0.481 e. The Hall–Kier alpha value is -1.09. The third-order valence-electron chi connectivity index (χ3n) is 1.46. The van der Waals surface area contributed by atoms with Crippen LogP contribution in [-0.4, -0.2) is 17.2 Å². The average molecular weight is 153 g/mol. The molecular weight excluding hydrogens is 142 g/mol. The first kappa shape index (κ1) is 8.01. The Kier molecular flexibility index (Phi) is 2.44. The molecule has 60 valence electrons. The number of aromatic nitrogens is 1. The van der Waals surface area contributed by atoms with E-state index in [1.807, 2.05) is 13.0 Å². The Balaban J connectivity index is 2.99. The number of aliphatic hydroxyl groups is 1. The van der Waals surface area contributed by atoms with E-state index >= 15 is 0 Å². The molecule has 1 aromatic rings. The fraction of sp³-hybridized carbons (Fsp3) is 0.375. The summed E-state index contributed by atoms with van der Waals surface area (Å²) in [5.41, 5.74) is 1.75. The number of methoxy groups -OCH3 is 1. The summed E-state index contributed by atoms with van der Waals surface area (Å²) in [5.74, 6) is 0.613. The van der Waals surface area contributed by atoms with Crippen molar-refractivity contribution in [1.29, 1.82) is 0 Å². The molecule has 0 bridgehead atoms. The van der Waals surface area contributed by atoms with Crippen molar-refractivity contribution in [3.05, 3.63) is 23.4 Å². The minimum absolute atomic E-state index is 0.0256. The van der Waals surface area contributed by atoms with E-state index in [2.05, 4.69) is 4.98 Å². The zero-order chi connectivity index (χ0) is 8.27. The molecule has 0 fully saturated rings. The van der Waals surface area contributed by atoms with E-state index in [-0.39, 0.29) is 6.61 Å². The third kappa shape index (κ3) is 1.68. The molecule has 0 aliphatic carbocycles. The molecule has 1 heterocycles. The number of nitrogens with zero attached hydrogens (tertiary/aromatic N) is 1. The van der Waals surface area contributed by atoms with Gasteiger partial charge >= 0.3 is 0 Å². The van der Waals surface area contributed by atoms with E-state index in [1.165, 1.54) is 0 Å². The summed E-state index contributed by atoms with van der Waals surface area (Å²) < 4.78 is 4.95. The SMILES string of the molecule is COc1ncc(CO)cc1C. The summed E-state index contributed by atoms with van der Waals surface area (Å²) >= 11 is 0. The van der Waals surface area contributed by atoms with Crippen LogP contribution in [0.25, 0.3) is 0 Å². The molecule has 0 spiro atoms. The molecule has 1 rings (SSSR count). The average Bonchev–Trinajstić information content (AvgIpc) is 2.04. The Bertz CT molecular complexity index is 248. The van der Waals surface area contributed by atoms with Crippen LogP contribution in [0.1, 0.15) is 11.1 Å². The zero-order valence-electron chi connectivity index (χ0n) is 6.66. The first-order valence-corrected chi connectivity index (χ1v) is 3.38. The van der Waals surface area contributed by atoms with Gasteiger partial charge in [0.1, 0.15) is 0 Å². The molecule has 0 saturated carbocycles. The third-order valence-corrected chi connectivity index (χ3v) is 1.46. The van der Waals surface area contributed by atoms with Gasteiger partial charge in [0, 0.05) is 11.8 Å². The highest BCUT2D eigenvalue weighted by Crippen LogP contribution is 2.13. The topological polar surface area (TPSA) is 42.4 Å². The fourth-order valence-corrected chi connectivity index (χ4v) is 0.921. The lowest BCUT2D eigenvalue weighted by atomic mass is 10.2. The molecular formula is C8H11NO2. The Labute approximate surface area is 65.7 Å². The van der Waals surface area contributed by atoms with E-state index in [0.29, 0.717) is 5.88 Å². The largest absolute Gasteiger partial charge is 0.481 e. The van der Waals surface area contributed by atoms with Crippen molar-refractivity contribution in [2.24, 2.45) is 0 Å². The Morgan fingerprint density at radius 1 is 1.64 bits per heavy atom. The van der Waals surface area contributed by atoms with Gasteiger partial charge in [0.05, 0.1) is 13.7 Å². The first-order valence-electron chi connectivity index (χ1n) is 3.38. The van der Waals surface area contributed by atoms with Crippen molar-refractivity contribution >= 4 is 0 Å². The van der Waals surface area contributed by atoms with Crippen LogP contribution in [-0.2, 0) is 6.61 Å². The Morgan fingerprint density at radius 3 is 2.82 bits per heavy atom. The predicted octanol–water partition coefficient (Wildman–Crippen LogP) is 0.891. The van der Waals surface area contributed by atoms with Crippen LogP contribution in [0.4, 0.5) is 0 Å². The highest BCUT2D eigenvalue weighted by molar-refractivity contribution is 5.27. The highest BCUT2D eigenvalue weighted by atomic mass is 16.5. The molecule has 1 aromatic heterocycles. The maximum absolute atomic E-state index is 8.74. The van der Waals surface area contributed by atoms with Crippen molar-refractivity contribution < 1.29 is 9.84 Å². The van der Waals surface area contributed by atoms with Gasteiger partial charge in [0.15, 0.2) is 0 Å². The maximum Gasteiger partial charge on any atom is 0.215 e. The van der Waals surface area contributed by atoms with Crippen molar-refractivity contribution in [1.82, 2.24) is 4.98 Å². The second-order valence-electron chi connectivity index (χ2n) is 2.33. The zero-order valence-corrected chi connectivity index (χ0v) is 6.66. The number of rotatable bonds is 2. The van der Waals surface area contributed by atoms with Crippen LogP contribution < -0.4 is 4.74 Å². The molecule has 0 aliphatic heterocycles. The lowest BCUT2D eigenvalue weighted by molar-refractivity contribution is 0.280. The number of hydrogen-bond donors (Lipinski definition) is 1. The number of hydrogen-bond acceptors (Lipinski definition) is 3. The smallest absolute Gasteiger partial charge is 0.215 e. The number of aliphatic hydroxyl groups excluding tert-OH is 1. The molecule has 0 amide bonds. The molecule has 0 saturated heterocycles. The van der Waals surface area contributed by atoms with Gasteiger partial charge in [-0.25, -0.2) is 4.98 Å². The molecule has 0 aromatic carbocycles. The molecule has 0 aliphatic rings. The van der Waals surface area contributed by atoms with Crippen molar-refractivity contribution in [2.75, 3.05) is 7.11 Å². The lowest BCUT2D eigenvalue weighted by Gasteiger charge is -2.03. The summed E-state index contributed by atoms with van der Waals surface area (Å²) in [6, 6.07) is 1.85. The second kappa shape index (κ2) is 3.34. The lowest BCUT2D eigenvalue weighted by Crippen LogP contribution is -1.93. The van der Waals surface area contributed by atoms with E-state index in [9.17, 15) is 0 Å². The molecule has 11 heavy (non-hydrogen) atoms. The summed E-state index contributed by atoms with van der Waals surface area (Å²) in [5, 5.41) is 8.74. The normalized spacial score (nSPS) is 9.73. The van der Waals surface area contributed by atoms with Gasteiger partial charge in [0.2, 0.25) is 5.88 Å². The van der Waals surface area contributed by atoms with Crippen molar-refractivity contribution in [3.63, 3.8) is 0 Å². The quantitative estimate of drug-likeness (QED) is 0.686. The van der Waals surface area contributed by atoms with Crippen LogP contribution >= 0.6 is 0 Å². The van der Waals surface area contributed by atoms with Gasteiger partial charge in [-0.15, -0.1) is 0 Å². The predicted molar refractivity (Wildman–Crippen MR) is 41.4 cm³/mol. The summed E-state index contributed by atoms with van der Waals surface area (Å²) in [6.45, 7) is 1.92. The number of aryl methyl sites for hydroxylation is 1. The van der Waals surface area contributed by atoms with Crippen molar-refractivity contribution in [2.45, 2.75) is 13.5 Å². The van der Waals surface area contributed by atoms with Gasteiger partial charge in [-0.1, -0.05) is 0 Å². The van der Waals surface area contributed by atoms with Crippen LogP contribution in [0.3, 0.4) is 0 Å². The highest BCUT2D eigenvalue weighted by Gasteiger charge is 1.99. The molecule has 0 unspecified atom stereocenters. The van der Waals surface area contributed by atoms with Gasteiger partial charge in [-0.2, -0.15) is 0 Å². The van der Waals surface area contributed by atoms with Crippen LogP contribution in [0.2, 0.25) is 0 Å². The first-order chi connectivity index (χ1) is 5.27. The standard InChI is InChI=1S/C8H11NO2/c1-6-3-7(5-10)4-9-8(6)11-2/h3-4,10H,5H2,1-2H3. The molecule has 3 nitrogen and oxygen atoms in total. The van der Waals surface area contributed by atoms with Crippen molar-refractivity contribution in [3.8, 4) is 5.88 Å². The van der Waals surface area contributed by atoms with E-state index in [4.69, 9.17) is 9.84 Å². The van der Waals surface area contributed by atoms with Gasteiger partial charge in [-0.05, 0) is 18.6 Å². The van der Waals surface area contributed by atoms with Crippen LogP contribution in [0.15, 0.2) is 12.3 Å². The maximum atomic E-state index is 8.74. The van der Waals surface area contributed by atoms with Crippen LogP contribution in [0, 0.1) is 6.92 Å².